The summed E-state index contributed by atoms with van der Waals surface area (Å²) in [6, 6.07) is 4.39. The molecule has 1 aromatic rings. The predicted octanol–water partition coefficient (Wildman–Crippen LogP) is 2.91. The van der Waals surface area contributed by atoms with E-state index in [1.54, 1.807) is 0 Å². The van der Waals surface area contributed by atoms with Crippen molar-refractivity contribution in [2.75, 3.05) is 6.54 Å². The molecule has 1 aliphatic rings. The van der Waals surface area contributed by atoms with Crippen molar-refractivity contribution in [1.82, 2.24) is 0 Å². The lowest BCUT2D eigenvalue weighted by molar-refractivity contribution is 0.0721. The zero-order valence-corrected chi connectivity index (χ0v) is 10.6. The van der Waals surface area contributed by atoms with Gasteiger partial charge in [0.15, 0.2) is 0 Å². The summed E-state index contributed by atoms with van der Waals surface area (Å²) < 4.78 is 6.08. The van der Waals surface area contributed by atoms with E-state index in [2.05, 4.69) is 39.8 Å². The van der Waals surface area contributed by atoms with Gasteiger partial charge in [0, 0.05) is 5.92 Å². The molecule has 0 saturated heterocycles. The van der Waals surface area contributed by atoms with E-state index in [0.717, 1.165) is 12.2 Å². The Bertz CT molecular complexity index is 409. The van der Waals surface area contributed by atoms with Gasteiger partial charge in [0.1, 0.15) is 11.4 Å². The maximum absolute atomic E-state index is 6.08. The van der Waals surface area contributed by atoms with Crippen LogP contribution in [0, 0.1) is 13.8 Å². The molecule has 1 aliphatic heterocycles. The maximum Gasteiger partial charge on any atom is 0.126 e. The Hall–Kier alpha value is -1.02. The Balaban J connectivity index is 2.54. The van der Waals surface area contributed by atoms with E-state index < -0.39 is 0 Å². The Morgan fingerprint density at radius 3 is 2.69 bits per heavy atom. The van der Waals surface area contributed by atoms with Crippen molar-refractivity contribution >= 4 is 0 Å². The zero-order valence-electron chi connectivity index (χ0n) is 10.6. The highest BCUT2D eigenvalue weighted by Gasteiger charge is 2.33. The first kappa shape index (κ1) is 11.5. The molecule has 2 nitrogen and oxygen atoms in total. The van der Waals surface area contributed by atoms with Gasteiger partial charge in [-0.05, 0) is 51.8 Å². The van der Waals surface area contributed by atoms with Gasteiger partial charge in [-0.3, -0.25) is 0 Å². The van der Waals surface area contributed by atoms with E-state index in [4.69, 9.17) is 10.5 Å². The second kappa shape index (κ2) is 3.77. The van der Waals surface area contributed by atoms with Crippen LogP contribution in [0.2, 0.25) is 0 Å². The zero-order chi connectivity index (χ0) is 11.9. The lowest BCUT2D eigenvalue weighted by Crippen LogP contribution is -2.37. The van der Waals surface area contributed by atoms with Crippen molar-refractivity contribution in [3.63, 3.8) is 0 Å². The monoisotopic (exact) mass is 219 g/mol. The first-order valence-corrected chi connectivity index (χ1v) is 5.93. The quantitative estimate of drug-likeness (QED) is 0.788. The van der Waals surface area contributed by atoms with Gasteiger partial charge in [-0.1, -0.05) is 17.7 Å². The standard InChI is InChI=1S/C14H21NO/c1-9-5-10(2)13-12(6-9)11(8-15)7-14(3,4)16-13/h5-6,11H,7-8,15H2,1-4H3. The van der Waals surface area contributed by atoms with Crippen LogP contribution in [0.4, 0.5) is 0 Å². The van der Waals surface area contributed by atoms with Crippen LogP contribution in [0.5, 0.6) is 5.75 Å². The molecule has 0 saturated carbocycles. The van der Waals surface area contributed by atoms with Gasteiger partial charge in [-0.15, -0.1) is 0 Å². The molecule has 0 aliphatic carbocycles. The Labute approximate surface area is 97.8 Å². The van der Waals surface area contributed by atoms with Crippen LogP contribution in [-0.2, 0) is 0 Å². The van der Waals surface area contributed by atoms with Gasteiger partial charge >= 0.3 is 0 Å². The van der Waals surface area contributed by atoms with E-state index >= 15 is 0 Å². The molecule has 0 amide bonds. The van der Waals surface area contributed by atoms with Gasteiger partial charge in [0.05, 0.1) is 0 Å². The first-order valence-electron chi connectivity index (χ1n) is 5.93. The van der Waals surface area contributed by atoms with Crippen LogP contribution >= 0.6 is 0 Å². The number of hydrogen-bond donors (Lipinski definition) is 1. The molecule has 1 unspecified atom stereocenters. The maximum atomic E-state index is 6.08. The third kappa shape index (κ3) is 1.94. The van der Waals surface area contributed by atoms with Crippen LogP contribution in [0.3, 0.4) is 0 Å². The van der Waals surface area contributed by atoms with Crippen LogP contribution in [0.1, 0.15) is 42.9 Å². The third-order valence-electron chi connectivity index (χ3n) is 3.29. The summed E-state index contributed by atoms with van der Waals surface area (Å²) in [5.74, 6) is 1.48. The summed E-state index contributed by atoms with van der Waals surface area (Å²) in [5, 5.41) is 0. The predicted molar refractivity (Wildman–Crippen MR) is 67.0 cm³/mol. The molecule has 0 fully saturated rings. The summed E-state index contributed by atoms with van der Waals surface area (Å²) in [4.78, 5) is 0. The Morgan fingerprint density at radius 2 is 2.06 bits per heavy atom. The fraction of sp³-hybridized carbons (Fsp3) is 0.571. The summed E-state index contributed by atoms with van der Waals surface area (Å²) in [6.07, 6.45) is 0.999. The molecule has 0 bridgehead atoms. The van der Waals surface area contributed by atoms with Gasteiger partial charge in [-0.2, -0.15) is 0 Å². The van der Waals surface area contributed by atoms with Crippen molar-refractivity contribution in [3.8, 4) is 5.75 Å². The molecule has 2 heteroatoms. The molecule has 1 aromatic carbocycles. The van der Waals surface area contributed by atoms with Crippen molar-refractivity contribution in [2.45, 2.75) is 45.6 Å². The van der Waals surface area contributed by atoms with E-state index in [1.807, 2.05) is 0 Å². The number of aryl methyl sites for hydroxylation is 2. The average molecular weight is 219 g/mol. The minimum atomic E-state index is -0.100. The number of hydrogen-bond acceptors (Lipinski definition) is 2. The molecule has 1 atom stereocenters. The van der Waals surface area contributed by atoms with Gasteiger partial charge < -0.3 is 10.5 Å². The number of fused-ring (bicyclic) bond motifs is 1. The molecule has 88 valence electrons. The van der Waals surface area contributed by atoms with Gasteiger partial charge in [0.2, 0.25) is 0 Å². The van der Waals surface area contributed by atoms with E-state index in [9.17, 15) is 0 Å². The number of ether oxygens (including phenoxy) is 1. The lowest BCUT2D eigenvalue weighted by atomic mass is 9.83. The molecule has 0 spiro atoms. The SMILES string of the molecule is Cc1cc(C)c2c(c1)C(CN)CC(C)(C)O2. The molecule has 2 N–H and O–H groups in total. The molecule has 0 aromatic heterocycles. The van der Waals surface area contributed by atoms with Crippen LogP contribution in [0.15, 0.2) is 12.1 Å². The van der Waals surface area contributed by atoms with Crippen LogP contribution < -0.4 is 10.5 Å². The molecule has 2 rings (SSSR count). The number of rotatable bonds is 1. The largest absolute Gasteiger partial charge is 0.487 e. The van der Waals surface area contributed by atoms with Crippen molar-refractivity contribution in [3.05, 3.63) is 28.8 Å². The van der Waals surface area contributed by atoms with E-state index in [1.165, 1.54) is 16.7 Å². The van der Waals surface area contributed by atoms with Gasteiger partial charge in [-0.25, -0.2) is 0 Å². The Kier molecular flexibility index (Phi) is 2.70. The average Bonchev–Trinajstić information content (AvgIpc) is 2.18. The first-order chi connectivity index (χ1) is 7.43. The number of benzene rings is 1. The van der Waals surface area contributed by atoms with E-state index in [-0.39, 0.29) is 5.60 Å². The summed E-state index contributed by atoms with van der Waals surface area (Å²) in [7, 11) is 0. The molecule has 1 heterocycles. The highest BCUT2D eigenvalue weighted by molar-refractivity contribution is 5.47. The van der Waals surface area contributed by atoms with Crippen molar-refractivity contribution < 1.29 is 4.74 Å². The molecule has 0 radical (unpaired) electrons. The van der Waals surface area contributed by atoms with Crippen LogP contribution in [0.25, 0.3) is 0 Å². The van der Waals surface area contributed by atoms with Crippen LogP contribution in [-0.4, -0.2) is 12.1 Å². The topological polar surface area (TPSA) is 35.2 Å². The lowest BCUT2D eigenvalue weighted by Gasteiger charge is -2.38. The third-order valence-corrected chi connectivity index (χ3v) is 3.29. The number of nitrogens with two attached hydrogens (primary N) is 1. The Morgan fingerprint density at radius 1 is 1.38 bits per heavy atom. The molecular formula is C14H21NO. The summed E-state index contributed by atoms with van der Waals surface area (Å²) >= 11 is 0. The van der Waals surface area contributed by atoms with Crippen molar-refractivity contribution in [2.24, 2.45) is 5.73 Å². The second-order valence-corrected chi connectivity index (χ2v) is 5.50. The minimum Gasteiger partial charge on any atom is -0.487 e. The fourth-order valence-corrected chi connectivity index (χ4v) is 2.66. The highest BCUT2D eigenvalue weighted by Crippen LogP contribution is 2.42. The second-order valence-electron chi connectivity index (χ2n) is 5.50. The smallest absolute Gasteiger partial charge is 0.126 e. The fourth-order valence-electron chi connectivity index (χ4n) is 2.66. The molecule has 16 heavy (non-hydrogen) atoms. The summed E-state index contributed by atoms with van der Waals surface area (Å²) in [6.45, 7) is 9.21. The summed E-state index contributed by atoms with van der Waals surface area (Å²) in [5.41, 5.74) is 9.59. The van der Waals surface area contributed by atoms with E-state index in [0.29, 0.717) is 12.5 Å². The normalized spacial score (nSPS) is 22.4. The minimum absolute atomic E-state index is 0.100. The molecular weight excluding hydrogens is 198 g/mol. The van der Waals surface area contributed by atoms with Crippen molar-refractivity contribution in [1.29, 1.82) is 0 Å². The van der Waals surface area contributed by atoms with Gasteiger partial charge in [0.25, 0.3) is 0 Å². The highest BCUT2D eigenvalue weighted by atomic mass is 16.5.